The van der Waals surface area contributed by atoms with E-state index in [9.17, 15) is 27.6 Å². The lowest BCUT2D eigenvalue weighted by atomic mass is 10.2. The maximum atomic E-state index is 14.3. The van der Waals surface area contributed by atoms with E-state index < -0.39 is 41.4 Å². The van der Waals surface area contributed by atoms with Crippen LogP contribution in [-0.2, 0) is 4.79 Å². The van der Waals surface area contributed by atoms with Crippen molar-refractivity contribution >= 4 is 11.6 Å². The summed E-state index contributed by atoms with van der Waals surface area (Å²) in [5.41, 5.74) is -2.28. The van der Waals surface area contributed by atoms with Crippen molar-refractivity contribution in [3.05, 3.63) is 51.1 Å². The number of terminal acetylenes is 1. The summed E-state index contributed by atoms with van der Waals surface area (Å²) in [5, 5.41) is 0. The van der Waals surface area contributed by atoms with Gasteiger partial charge in [-0.1, -0.05) is 5.92 Å². The molecule has 10 heteroatoms. The van der Waals surface area contributed by atoms with Crippen LogP contribution in [0.25, 0.3) is 5.69 Å². The fourth-order valence-electron chi connectivity index (χ4n) is 2.31. The highest BCUT2D eigenvalue weighted by molar-refractivity contribution is 6.01. The minimum absolute atomic E-state index is 0.233. The Balaban J connectivity index is 2.24. The molecule has 0 saturated carbocycles. The van der Waals surface area contributed by atoms with Gasteiger partial charge in [0.1, 0.15) is 0 Å². The quantitative estimate of drug-likeness (QED) is 0.804. The van der Waals surface area contributed by atoms with E-state index in [0.717, 1.165) is 22.9 Å². The molecule has 1 aliphatic heterocycles. The van der Waals surface area contributed by atoms with E-state index in [-0.39, 0.29) is 11.4 Å². The molecular weight excluding hydrogens is 343 g/mol. The molecule has 1 aromatic carbocycles. The Morgan fingerprint density at radius 2 is 1.96 bits per heavy atom. The summed E-state index contributed by atoms with van der Waals surface area (Å²) in [6, 6.07) is 2.52. The predicted molar refractivity (Wildman–Crippen MR) is 79.4 cm³/mol. The van der Waals surface area contributed by atoms with Gasteiger partial charge in [0, 0.05) is 18.3 Å². The molecule has 0 atom stereocenters. The van der Waals surface area contributed by atoms with E-state index in [4.69, 9.17) is 6.42 Å². The van der Waals surface area contributed by atoms with Crippen molar-refractivity contribution in [3.8, 4) is 23.8 Å². The highest BCUT2D eigenvalue weighted by Gasteiger charge is 2.50. The van der Waals surface area contributed by atoms with Gasteiger partial charge < -0.3 is 4.74 Å². The molecule has 2 aromatic rings. The third-order valence-electron chi connectivity index (χ3n) is 3.38. The number of carbonyl (C=O) groups is 1. The Labute approximate surface area is 137 Å². The number of H-pyrrole nitrogens is 1. The number of anilines is 1. The van der Waals surface area contributed by atoms with E-state index in [1.807, 2.05) is 10.9 Å². The van der Waals surface area contributed by atoms with Crippen molar-refractivity contribution in [2.45, 2.75) is 6.11 Å². The topological polar surface area (TPSA) is 84.4 Å². The molecule has 1 aliphatic rings. The Hall–Kier alpha value is -3.48. The van der Waals surface area contributed by atoms with Gasteiger partial charge in [-0.3, -0.25) is 24.0 Å². The summed E-state index contributed by atoms with van der Waals surface area (Å²) >= 11 is 0. The number of halogens is 3. The average Bonchev–Trinajstić information content (AvgIpc) is 2.52. The Morgan fingerprint density at radius 1 is 1.24 bits per heavy atom. The largest absolute Gasteiger partial charge is 0.483 e. The van der Waals surface area contributed by atoms with Crippen molar-refractivity contribution in [1.82, 2.24) is 9.55 Å². The van der Waals surface area contributed by atoms with Gasteiger partial charge in [0.15, 0.2) is 11.6 Å². The summed E-state index contributed by atoms with van der Waals surface area (Å²) in [7, 11) is 0. The number of aromatic amines is 1. The predicted octanol–water partition coefficient (Wildman–Crippen LogP) is 0.616. The van der Waals surface area contributed by atoms with Crippen molar-refractivity contribution in [2.75, 3.05) is 11.4 Å². The van der Waals surface area contributed by atoms with E-state index in [2.05, 4.69) is 4.74 Å². The van der Waals surface area contributed by atoms with Crippen LogP contribution in [0.3, 0.4) is 0 Å². The summed E-state index contributed by atoms with van der Waals surface area (Å²) in [6.45, 7) is -0.517. The molecule has 0 spiro atoms. The molecule has 1 N–H and O–H groups in total. The number of ether oxygens (including phenoxy) is 1. The van der Waals surface area contributed by atoms with Gasteiger partial charge in [0.2, 0.25) is 0 Å². The molecule has 0 radical (unpaired) electrons. The summed E-state index contributed by atoms with van der Waals surface area (Å²) in [5.74, 6) is -1.37. The average molecular weight is 351 g/mol. The molecule has 0 bridgehead atoms. The monoisotopic (exact) mass is 351 g/mol. The highest BCUT2D eigenvalue weighted by atomic mass is 19.3. The molecule has 25 heavy (non-hydrogen) atoms. The first-order valence-electron chi connectivity index (χ1n) is 6.73. The van der Waals surface area contributed by atoms with Crippen LogP contribution in [0.2, 0.25) is 0 Å². The number of nitrogens with zero attached hydrogens (tertiary/aromatic N) is 2. The zero-order valence-corrected chi connectivity index (χ0v) is 12.3. The van der Waals surface area contributed by atoms with Gasteiger partial charge in [-0.2, -0.15) is 8.78 Å². The number of aromatic nitrogens is 2. The van der Waals surface area contributed by atoms with Crippen LogP contribution in [0.1, 0.15) is 0 Å². The minimum atomic E-state index is -4.20. The van der Waals surface area contributed by atoms with Crippen molar-refractivity contribution in [1.29, 1.82) is 0 Å². The number of nitrogens with one attached hydrogen (secondary N) is 1. The highest BCUT2D eigenvalue weighted by Crippen LogP contribution is 2.41. The number of fused-ring (bicyclic) bond motifs is 1. The third-order valence-corrected chi connectivity index (χ3v) is 3.38. The number of carbonyl (C=O) groups excluding carboxylic acids is 1. The Morgan fingerprint density at radius 3 is 2.60 bits per heavy atom. The SMILES string of the molecule is C#CCN1C(=O)C(F)(F)Oc2cc(F)c(-n3ccc(=O)[nH]c3=O)cc21. The first kappa shape index (κ1) is 16.4. The number of rotatable bonds is 2. The maximum absolute atomic E-state index is 14.3. The zero-order chi connectivity index (χ0) is 18.4. The second-order valence-electron chi connectivity index (χ2n) is 4.97. The maximum Gasteiger partial charge on any atom is 0.483 e. The lowest BCUT2D eigenvalue weighted by molar-refractivity contribution is -0.192. The molecular formula is C15H8F3N3O4. The summed E-state index contributed by atoms with van der Waals surface area (Å²) in [6.07, 6.45) is 1.88. The van der Waals surface area contributed by atoms with E-state index in [1.54, 1.807) is 0 Å². The van der Waals surface area contributed by atoms with Crippen LogP contribution in [-0.4, -0.2) is 28.1 Å². The Bertz CT molecular complexity index is 1040. The van der Waals surface area contributed by atoms with Crippen LogP contribution >= 0.6 is 0 Å². The van der Waals surface area contributed by atoms with Gasteiger partial charge in [-0.25, -0.2) is 9.18 Å². The molecule has 0 saturated heterocycles. The number of alkyl halides is 2. The van der Waals surface area contributed by atoms with Crippen LogP contribution in [0.15, 0.2) is 34.0 Å². The number of hydrogen-bond acceptors (Lipinski definition) is 4. The molecule has 2 heterocycles. The summed E-state index contributed by atoms with van der Waals surface area (Å²) in [4.78, 5) is 37.2. The fraction of sp³-hybridized carbons (Fsp3) is 0.133. The van der Waals surface area contributed by atoms with Crippen molar-refractivity contribution < 1.29 is 22.7 Å². The molecule has 7 nitrogen and oxygen atoms in total. The van der Waals surface area contributed by atoms with Crippen molar-refractivity contribution in [2.24, 2.45) is 0 Å². The second kappa shape index (κ2) is 5.55. The number of amides is 1. The molecule has 128 valence electrons. The first-order chi connectivity index (χ1) is 11.7. The van der Waals surface area contributed by atoms with Crippen LogP contribution in [0.4, 0.5) is 18.9 Å². The lowest BCUT2D eigenvalue weighted by Crippen LogP contribution is -2.51. The summed E-state index contributed by atoms with van der Waals surface area (Å²) < 4.78 is 46.5. The first-order valence-corrected chi connectivity index (χ1v) is 6.73. The Kier molecular flexibility index (Phi) is 3.64. The standard InChI is InChI=1S/C15H8F3N3O4/c1-2-4-20-10-7-9(21-5-3-12(22)19-14(21)24)8(16)6-11(10)25-15(17,18)13(20)23/h1,3,5-7H,4H2,(H,19,22,24). The molecule has 3 rings (SSSR count). The van der Waals surface area contributed by atoms with Crippen molar-refractivity contribution in [3.63, 3.8) is 0 Å². The molecule has 0 unspecified atom stereocenters. The van der Waals surface area contributed by atoms with E-state index in [1.165, 1.54) is 0 Å². The van der Waals surface area contributed by atoms with Crippen LogP contribution < -0.4 is 20.9 Å². The van der Waals surface area contributed by atoms with Gasteiger partial charge in [-0.15, -0.1) is 6.42 Å². The minimum Gasteiger partial charge on any atom is -0.423 e. The molecule has 0 aliphatic carbocycles. The third kappa shape index (κ3) is 2.65. The molecule has 1 aromatic heterocycles. The van der Waals surface area contributed by atoms with E-state index >= 15 is 0 Å². The van der Waals surface area contributed by atoms with Gasteiger partial charge in [-0.05, 0) is 6.07 Å². The van der Waals surface area contributed by atoms with Gasteiger partial charge >= 0.3 is 17.7 Å². The van der Waals surface area contributed by atoms with Gasteiger partial charge in [0.05, 0.1) is 17.9 Å². The number of benzene rings is 1. The zero-order valence-electron chi connectivity index (χ0n) is 12.3. The smallest absolute Gasteiger partial charge is 0.423 e. The molecule has 0 fully saturated rings. The van der Waals surface area contributed by atoms with E-state index in [0.29, 0.717) is 11.0 Å². The lowest BCUT2D eigenvalue weighted by Gasteiger charge is -2.32. The van der Waals surface area contributed by atoms with Crippen LogP contribution in [0, 0.1) is 18.2 Å². The molecule has 1 amide bonds. The fourth-order valence-corrected chi connectivity index (χ4v) is 2.31. The van der Waals surface area contributed by atoms with Crippen LogP contribution in [0.5, 0.6) is 5.75 Å². The second-order valence-corrected chi connectivity index (χ2v) is 4.97. The van der Waals surface area contributed by atoms with Gasteiger partial charge in [0.25, 0.3) is 5.56 Å². The normalized spacial score (nSPS) is 15.3. The number of hydrogen-bond donors (Lipinski definition) is 1.